The summed E-state index contributed by atoms with van der Waals surface area (Å²) in [6, 6.07) is 17.3. The molecule has 0 spiro atoms. The average Bonchev–Trinajstić information content (AvgIpc) is 2.94. The van der Waals surface area contributed by atoms with Gasteiger partial charge >= 0.3 is 0 Å². The maximum absolute atomic E-state index is 3.61. The second-order valence-corrected chi connectivity index (χ2v) is 8.94. The van der Waals surface area contributed by atoms with Gasteiger partial charge in [-0.3, -0.25) is 0 Å². The van der Waals surface area contributed by atoms with E-state index in [0.717, 1.165) is 8.26 Å². The molecule has 0 radical (unpaired) electrons. The lowest BCUT2D eigenvalue weighted by Gasteiger charge is -2.11. The lowest BCUT2D eigenvalue weighted by atomic mass is 9.94. The zero-order chi connectivity index (χ0) is 16.4. The molecule has 3 heteroatoms. The van der Waals surface area contributed by atoms with E-state index >= 15 is 0 Å². The van der Waals surface area contributed by atoms with Crippen LogP contribution in [0, 0.1) is 13.8 Å². The van der Waals surface area contributed by atoms with Crippen LogP contribution in [-0.4, -0.2) is 0 Å². The third-order valence-electron chi connectivity index (χ3n) is 3.72. The first-order chi connectivity index (χ1) is 11.0. The number of hydrogen-bond donors (Lipinski definition) is 0. The molecule has 23 heavy (non-hydrogen) atoms. The minimum Gasteiger partial charge on any atom is -0.129 e. The van der Waals surface area contributed by atoms with Crippen molar-refractivity contribution in [1.82, 2.24) is 0 Å². The van der Waals surface area contributed by atoms with E-state index in [0.29, 0.717) is 0 Å². The van der Waals surface area contributed by atoms with E-state index in [1.54, 1.807) is 11.3 Å². The van der Waals surface area contributed by atoms with Crippen molar-refractivity contribution >= 4 is 55.3 Å². The van der Waals surface area contributed by atoms with Gasteiger partial charge < -0.3 is 0 Å². The normalized spacial score (nSPS) is 11.3. The summed E-state index contributed by atoms with van der Waals surface area (Å²) in [7, 11) is 0. The Labute approximate surface area is 158 Å². The van der Waals surface area contributed by atoms with Crippen molar-refractivity contribution in [3.05, 3.63) is 78.4 Å². The van der Waals surface area contributed by atoms with Gasteiger partial charge in [0.05, 0.1) is 3.79 Å². The maximum Gasteiger partial charge on any atom is 0.0704 e. The number of halogens is 2. The number of rotatable bonds is 3. The third kappa shape index (κ3) is 4.03. The van der Waals surface area contributed by atoms with E-state index in [2.05, 4.69) is 106 Å². The van der Waals surface area contributed by atoms with Gasteiger partial charge in [-0.1, -0.05) is 51.8 Å². The Morgan fingerprint density at radius 3 is 2.39 bits per heavy atom. The van der Waals surface area contributed by atoms with Crippen molar-refractivity contribution in [2.24, 2.45) is 0 Å². The molecule has 0 aliphatic heterocycles. The molecule has 1 aromatic heterocycles. The van der Waals surface area contributed by atoms with E-state index in [-0.39, 0.29) is 0 Å². The summed E-state index contributed by atoms with van der Waals surface area (Å²) in [5.41, 5.74) is 6.35. The monoisotopic (exact) mass is 446 g/mol. The summed E-state index contributed by atoms with van der Waals surface area (Å²) >= 11 is 8.86. The van der Waals surface area contributed by atoms with Crippen LogP contribution in [-0.2, 0) is 0 Å². The molecule has 0 saturated carbocycles. The molecule has 3 rings (SSSR count). The van der Waals surface area contributed by atoms with E-state index < -0.39 is 0 Å². The number of hydrogen-bond acceptors (Lipinski definition) is 1. The van der Waals surface area contributed by atoms with Crippen LogP contribution in [0.3, 0.4) is 0 Å². The van der Waals surface area contributed by atoms with Crippen LogP contribution in [0.25, 0.3) is 23.3 Å². The molecule has 0 atom stereocenters. The van der Waals surface area contributed by atoms with E-state index in [1.165, 1.54) is 32.7 Å². The van der Waals surface area contributed by atoms with Gasteiger partial charge in [0.15, 0.2) is 0 Å². The van der Waals surface area contributed by atoms with Gasteiger partial charge in [-0.15, -0.1) is 11.3 Å². The first-order valence-electron chi connectivity index (χ1n) is 7.33. The average molecular weight is 448 g/mol. The SMILES string of the molecule is Cc1ccc(C)c(-c2cc(Br)ccc2C=Cc2ccc(Br)s2)c1. The first-order valence-corrected chi connectivity index (χ1v) is 9.74. The number of thiophene rings is 1. The van der Waals surface area contributed by atoms with E-state index in [9.17, 15) is 0 Å². The van der Waals surface area contributed by atoms with Crippen LogP contribution in [0.4, 0.5) is 0 Å². The fourth-order valence-corrected chi connectivity index (χ4v) is 4.21. The van der Waals surface area contributed by atoms with Crippen molar-refractivity contribution in [3.8, 4) is 11.1 Å². The summed E-state index contributed by atoms with van der Waals surface area (Å²) in [6.45, 7) is 4.30. The van der Waals surface area contributed by atoms with Crippen molar-refractivity contribution in [2.75, 3.05) is 0 Å². The summed E-state index contributed by atoms with van der Waals surface area (Å²) in [5.74, 6) is 0. The molecule has 0 bridgehead atoms. The lowest BCUT2D eigenvalue weighted by molar-refractivity contribution is 1.39. The quantitative estimate of drug-likeness (QED) is 0.385. The first kappa shape index (κ1) is 16.7. The Morgan fingerprint density at radius 1 is 0.826 bits per heavy atom. The highest BCUT2D eigenvalue weighted by atomic mass is 79.9. The van der Waals surface area contributed by atoms with Crippen molar-refractivity contribution in [2.45, 2.75) is 13.8 Å². The van der Waals surface area contributed by atoms with Crippen molar-refractivity contribution in [1.29, 1.82) is 0 Å². The largest absolute Gasteiger partial charge is 0.129 e. The van der Waals surface area contributed by atoms with Crippen LogP contribution < -0.4 is 0 Å². The van der Waals surface area contributed by atoms with Gasteiger partial charge in [0, 0.05) is 9.35 Å². The second kappa shape index (κ2) is 7.16. The molecular formula is C20H16Br2S. The minimum atomic E-state index is 1.10. The van der Waals surface area contributed by atoms with Crippen LogP contribution >= 0.6 is 43.2 Å². The summed E-state index contributed by atoms with van der Waals surface area (Å²) in [4.78, 5) is 1.24. The molecule has 0 unspecified atom stereocenters. The van der Waals surface area contributed by atoms with Crippen molar-refractivity contribution < 1.29 is 0 Å². The van der Waals surface area contributed by atoms with Gasteiger partial charge in [-0.2, -0.15) is 0 Å². The molecular weight excluding hydrogens is 432 g/mol. The zero-order valence-corrected chi connectivity index (χ0v) is 16.9. The Balaban J connectivity index is 2.08. The van der Waals surface area contributed by atoms with Gasteiger partial charge in [-0.05, 0) is 82.4 Å². The van der Waals surface area contributed by atoms with Crippen LogP contribution in [0.5, 0.6) is 0 Å². The molecule has 0 saturated heterocycles. The van der Waals surface area contributed by atoms with Crippen LogP contribution in [0.15, 0.2) is 56.8 Å². The smallest absolute Gasteiger partial charge is 0.0704 e. The molecule has 0 N–H and O–H groups in total. The highest BCUT2D eigenvalue weighted by molar-refractivity contribution is 9.11. The molecule has 0 nitrogen and oxygen atoms in total. The number of aryl methyl sites for hydroxylation is 2. The molecule has 3 aromatic rings. The minimum absolute atomic E-state index is 1.10. The Hall–Kier alpha value is -1.16. The van der Waals surface area contributed by atoms with Gasteiger partial charge in [0.2, 0.25) is 0 Å². The maximum atomic E-state index is 3.61. The third-order valence-corrected chi connectivity index (χ3v) is 5.80. The van der Waals surface area contributed by atoms with Gasteiger partial charge in [-0.25, -0.2) is 0 Å². The molecule has 1 heterocycles. The van der Waals surface area contributed by atoms with E-state index in [1.807, 2.05) is 0 Å². The van der Waals surface area contributed by atoms with Gasteiger partial charge in [0.25, 0.3) is 0 Å². The molecule has 116 valence electrons. The predicted octanol–water partition coefficient (Wildman–Crippen LogP) is 7.73. The highest BCUT2D eigenvalue weighted by Gasteiger charge is 2.07. The molecule has 0 aliphatic carbocycles. The van der Waals surface area contributed by atoms with E-state index in [4.69, 9.17) is 0 Å². The molecule has 0 fully saturated rings. The predicted molar refractivity (Wildman–Crippen MR) is 110 cm³/mol. The van der Waals surface area contributed by atoms with Gasteiger partial charge in [0.1, 0.15) is 0 Å². The summed E-state index contributed by atoms with van der Waals surface area (Å²) in [5, 5.41) is 0. The molecule has 0 amide bonds. The second-order valence-electron chi connectivity index (χ2n) is 5.53. The molecule has 0 aliphatic rings. The Bertz CT molecular complexity index is 875. The Morgan fingerprint density at radius 2 is 1.65 bits per heavy atom. The summed E-state index contributed by atoms with van der Waals surface area (Å²) in [6.07, 6.45) is 4.37. The fourth-order valence-electron chi connectivity index (χ4n) is 2.52. The fraction of sp³-hybridized carbons (Fsp3) is 0.100. The highest BCUT2D eigenvalue weighted by Crippen LogP contribution is 2.32. The Kier molecular flexibility index (Phi) is 5.20. The van der Waals surface area contributed by atoms with Crippen molar-refractivity contribution in [3.63, 3.8) is 0 Å². The van der Waals surface area contributed by atoms with Crippen LogP contribution in [0.2, 0.25) is 0 Å². The topological polar surface area (TPSA) is 0 Å². The standard InChI is InChI=1S/C20H16Br2S/c1-13-3-4-14(2)18(11-13)19-12-16(21)7-5-15(19)6-8-17-9-10-20(22)23-17/h3-12H,1-2H3. The molecule has 2 aromatic carbocycles. The summed E-state index contributed by atoms with van der Waals surface area (Å²) < 4.78 is 2.26. The number of benzene rings is 2. The zero-order valence-electron chi connectivity index (χ0n) is 12.9. The van der Waals surface area contributed by atoms with Crippen LogP contribution in [0.1, 0.15) is 21.6 Å². The lowest BCUT2D eigenvalue weighted by Crippen LogP contribution is -1.88.